The summed E-state index contributed by atoms with van der Waals surface area (Å²) in [6, 6.07) is 0.231. The molecule has 0 aromatic heterocycles. The van der Waals surface area contributed by atoms with Crippen molar-refractivity contribution in [3.8, 4) is 0 Å². The van der Waals surface area contributed by atoms with Gasteiger partial charge >= 0.3 is 0 Å². The Morgan fingerprint density at radius 3 is 2.88 bits per heavy atom. The number of hydrogen-bond acceptors (Lipinski definition) is 2. The topological polar surface area (TPSA) is 35.2 Å². The average Bonchev–Trinajstić information content (AvgIpc) is 1.66. The van der Waals surface area contributed by atoms with Gasteiger partial charge in [-0.3, -0.25) is 0 Å². The maximum Gasteiger partial charge on any atom is 0.0887 e. The molecule has 2 heteroatoms. The predicted molar refractivity (Wildman–Crippen MR) is 34.4 cm³/mol. The molecule has 0 fully saturated rings. The molecule has 0 rings (SSSR count). The molecule has 0 bridgehead atoms. The van der Waals surface area contributed by atoms with Gasteiger partial charge in [0.15, 0.2) is 0 Å². The van der Waals surface area contributed by atoms with Crippen molar-refractivity contribution in [1.82, 2.24) is 0 Å². The molecule has 0 aliphatic rings. The predicted octanol–water partition coefficient (Wildman–Crippen LogP) is 0.884. The van der Waals surface area contributed by atoms with Crippen molar-refractivity contribution in [3.63, 3.8) is 0 Å². The van der Waals surface area contributed by atoms with Crippen molar-refractivity contribution in [1.29, 1.82) is 0 Å². The Morgan fingerprint density at radius 1 is 1.88 bits per heavy atom. The van der Waals surface area contributed by atoms with E-state index in [1.165, 1.54) is 6.26 Å². The van der Waals surface area contributed by atoms with Crippen LogP contribution in [0.15, 0.2) is 12.8 Å². The van der Waals surface area contributed by atoms with E-state index >= 15 is 0 Å². The molecule has 2 N–H and O–H groups in total. The molecule has 0 spiro atoms. The van der Waals surface area contributed by atoms with E-state index in [9.17, 15) is 0 Å². The van der Waals surface area contributed by atoms with Gasteiger partial charge in [0.05, 0.1) is 12.9 Å². The summed E-state index contributed by atoms with van der Waals surface area (Å²) < 4.78 is 4.83. The van der Waals surface area contributed by atoms with E-state index in [1.807, 2.05) is 6.92 Å². The lowest BCUT2D eigenvalue weighted by Crippen LogP contribution is -2.16. The summed E-state index contributed by atoms with van der Waals surface area (Å²) in [5, 5.41) is 0. The van der Waals surface area contributed by atoms with E-state index < -0.39 is 0 Å². The molecule has 48 valence electrons. The van der Waals surface area contributed by atoms with Crippen molar-refractivity contribution in [2.45, 2.75) is 19.4 Å². The highest BCUT2D eigenvalue weighted by atomic mass is 16.5. The smallest absolute Gasteiger partial charge is 0.0887 e. The molecule has 0 heterocycles. The summed E-state index contributed by atoms with van der Waals surface area (Å²) in [5.41, 5.74) is 5.42. The van der Waals surface area contributed by atoms with Crippen LogP contribution in [0.25, 0.3) is 0 Å². The van der Waals surface area contributed by atoms with Gasteiger partial charge < -0.3 is 10.5 Å². The summed E-state index contributed by atoms with van der Waals surface area (Å²) in [5.74, 6) is 0. The van der Waals surface area contributed by atoms with Gasteiger partial charge in [-0.2, -0.15) is 0 Å². The summed E-state index contributed by atoms with van der Waals surface area (Å²) in [6.45, 7) is 6.03. The zero-order valence-corrected chi connectivity index (χ0v) is 5.26. The third-order valence-electron chi connectivity index (χ3n) is 0.809. The maximum absolute atomic E-state index is 5.42. The first-order valence-corrected chi connectivity index (χ1v) is 2.75. The Labute approximate surface area is 50.3 Å². The van der Waals surface area contributed by atoms with E-state index in [2.05, 4.69) is 6.58 Å². The van der Waals surface area contributed by atoms with Crippen molar-refractivity contribution >= 4 is 0 Å². The third kappa shape index (κ3) is 5.50. The minimum atomic E-state index is 0.231. The van der Waals surface area contributed by atoms with Gasteiger partial charge in [0.2, 0.25) is 0 Å². The van der Waals surface area contributed by atoms with Crippen molar-refractivity contribution < 1.29 is 4.74 Å². The first-order chi connectivity index (χ1) is 3.77. The minimum absolute atomic E-state index is 0.231. The highest BCUT2D eigenvalue weighted by Gasteiger charge is 1.90. The Kier molecular flexibility index (Phi) is 4.36. The van der Waals surface area contributed by atoms with Crippen LogP contribution in [0.3, 0.4) is 0 Å². The molecule has 0 saturated carbocycles. The monoisotopic (exact) mass is 115 g/mol. The number of hydrogen-bond donors (Lipinski definition) is 1. The normalized spacial score (nSPS) is 12.8. The molecule has 1 atom stereocenters. The van der Waals surface area contributed by atoms with E-state index in [0.29, 0.717) is 6.61 Å². The van der Waals surface area contributed by atoms with E-state index in [1.54, 1.807) is 0 Å². The summed E-state index contributed by atoms with van der Waals surface area (Å²) in [4.78, 5) is 0. The molecule has 2 nitrogen and oxygen atoms in total. The van der Waals surface area contributed by atoms with E-state index in [0.717, 1.165) is 6.42 Å². The third-order valence-corrected chi connectivity index (χ3v) is 0.809. The van der Waals surface area contributed by atoms with Crippen LogP contribution < -0.4 is 5.73 Å². The molecule has 0 aliphatic carbocycles. The van der Waals surface area contributed by atoms with Gasteiger partial charge in [-0.15, -0.1) is 0 Å². The van der Waals surface area contributed by atoms with Gasteiger partial charge in [-0.05, 0) is 13.3 Å². The molecule has 1 unspecified atom stereocenters. The Bertz CT molecular complexity index is 61.5. The van der Waals surface area contributed by atoms with Crippen LogP contribution in [-0.4, -0.2) is 12.6 Å². The number of ether oxygens (including phenoxy) is 1. The van der Waals surface area contributed by atoms with Gasteiger partial charge in [0, 0.05) is 6.04 Å². The molecular formula is C6H13NO. The minimum Gasteiger partial charge on any atom is -0.502 e. The molecule has 8 heavy (non-hydrogen) atoms. The fourth-order valence-corrected chi connectivity index (χ4v) is 0.337. The molecule has 0 radical (unpaired) electrons. The summed E-state index contributed by atoms with van der Waals surface area (Å²) in [7, 11) is 0. The zero-order chi connectivity index (χ0) is 6.41. The summed E-state index contributed by atoms with van der Waals surface area (Å²) in [6.07, 6.45) is 2.33. The average molecular weight is 115 g/mol. The van der Waals surface area contributed by atoms with E-state index in [-0.39, 0.29) is 6.04 Å². The summed E-state index contributed by atoms with van der Waals surface area (Å²) >= 11 is 0. The lowest BCUT2D eigenvalue weighted by Gasteiger charge is -2.02. The van der Waals surface area contributed by atoms with E-state index in [4.69, 9.17) is 10.5 Å². The molecule has 0 aliphatic heterocycles. The van der Waals surface area contributed by atoms with Crippen molar-refractivity contribution in [2.75, 3.05) is 6.61 Å². The maximum atomic E-state index is 5.42. The van der Waals surface area contributed by atoms with Crippen molar-refractivity contribution in [2.24, 2.45) is 5.73 Å². The number of nitrogens with two attached hydrogens (primary N) is 1. The lowest BCUT2D eigenvalue weighted by atomic mass is 10.3. The molecule has 0 saturated heterocycles. The van der Waals surface area contributed by atoms with Gasteiger partial charge in [0.1, 0.15) is 0 Å². The van der Waals surface area contributed by atoms with Gasteiger partial charge in [-0.25, -0.2) is 0 Å². The Morgan fingerprint density at radius 2 is 2.50 bits per heavy atom. The standard InChI is InChI=1S/C6H13NO/c1-3-8-5-4-6(2)7/h3,6H,1,4-5,7H2,2H3. The molecular weight excluding hydrogens is 102 g/mol. The first kappa shape index (κ1) is 7.50. The van der Waals surface area contributed by atoms with Crippen LogP contribution in [0, 0.1) is 0 Å². The van der Waals surface area contributed by atoms with Gasteiger partial charge in [-0.1, -0.05) is 6.58 Å². The Balaban J connectivity index is 2.81. The van der Waals surface area contributed by atoms with Crippen LogP contribution in [0.5, 0.6) is 0 Å². The Hall–Kier alpha value is -0.500. The SMILES string of the molecule is C=COCCC(C)N. The highest BCUT2D eigenvalue weighted by Crippen LogP contribution is 1.86. The highest BCUT2D eigenvalue weighted by molar-refractivity contribution is 4.54. The second kappa shape index (κ2) is 4.65. The molecule has 0 aromatic rings. The fraction of sp³-hybridized carbons (Fsp3) is 0.667. The quantitative estimate of drug-likeness (QED) is 0.436. The first-order valence-electron chi connectivity index (χ1n) is 2.75. The second-order valence-corrected chi connectivity index (χ2v) is 1.80. The number of rotatable bonds is 4. The zero-order valence-electron chi connectivity index (χ0n) is 5.26. The molecule has 0 amide bonds. The van der Waals surface area contributed by atoms with Gasteiger partial charge in [0.25, 0.3) is 0 Å². The van der Waals surface area contributed by atoms with Crippen LogP contribution in [-0.2, 0) is 4.74 Å². The lowest BCUT2D eigenvalue weighted by molar-refractivity contribution is 0.239. The fourth-order valence-electron chi connectivity index (χ4n) is 0.337. The van der Waals surface area contributed by atoms with Crippen LogP contribution in [0.4, 0.5) is 0 Å². The van der Waals surface area contributed by atoms with Crippen LogP contribution >= 0.6 is 0 Å². The van der Waals surface area contributed by atoms with Crippen molar-refractivity contribution in [3.05, 3.63) is 12.8 Å². The second-order valence-electron chi connectivity index (χ2n) is 1.80. The van der Waals surface area contributed by atoms with Crippen LogP contribution in [0.2, 0.25) is 0 Å². The molecule has 0 aromatic carbocycles. The van der Waals surface area contributed by atoms with Crippen LogP contribution in [0.1, 0.15) is 13.3 Å². The largest absolute Gasteiger partial charge is 0.502 e.